The number of carbonyl (C=O) groups is 2. The number of carbonyl (C=O) groups excluding carboxylic acids is 1. The molecular formula is C20H30BrNO4. The predicted molar refractivity (Wildman–Crippen MR) is 106 cm³/mol. The molecule has 1 aromatic carbocycles. The number of amides is 1. The number of ether oxygens (including phenoxy) is 1. The summed E-state index contributed by atoms with van der Waals surface area (Å²) in [5.74, 6) is -0.950. The van der Waals surface area contributed by atoms with E-state index in [-0.39, 0.29) is 5.92 Å². The Morgan fingerprint density at radius 3 is 2.38 bits per heavy atom. The van der Waals surface area contributed by atoms with Crippen LogP contribution in [0.4, 0.5) is 4.79 Å². The van der Waals surface area contributed by atoms with E-state index in [4.69, 9.17) is 4.74 Å². The van der Waals surface area contributed by atoms with E-state index < -0.39 is 23.1 Å². The first-order valence-electron chi connectivity index (χ1n) is 8.77. The molecule has 0 spiro atoms. The second kappa shape index (κ2) is 8.89. The molecule has 0 radical (unpaired) electrons. The van der Waals surface area contributed by atoms with E-state index in [0.717, 1.165) is 10.0 Å². The highest BCUT2D eigenvalue weighted by molar-refractivity contribution is 9.10. The van der Waals surface area contributed by atoms with Gasteiger partial charge in [0.05, 0.1) is 5.41 Å². The zero-order valence-electron chi connectivity index (χ0n) is 16.5. The quantitative estimate of drug-likeness (QED) is 0.666. The number of aliphatic carboxylic acids is 1. The van der Waals surface area contributed by atoms with Crippen molar-refractivity contribution in [2.24, 2.45) is 11.3 Å². The Bertz CT molecular complexity index is 641. The molecule has 1 N–H and O–H groups in total. The smallest absolute Gasteiger partial charge is 0.410 e. The molecule has 0 aliphatic heterocycles. The summed E-state index contributed by atoms with van der Waals surface area (Å²) in [5.41, 5.74) is -0.500. The van der Waals surface area contributed by atoms with Crippen molar-refractivity contribution in [1.82, 2.24) is 4.90 Å². The fraction of sp³-hybridized carbons (Fsp3) is 0.600. The van der Waals surface area contributed by atoms with Gasteiger partial charge in [-0.05, 0) is 64.2 Å². The minimum absolute atomic E-state index is 0.121. The van der Waals surface area contributed by atoms with Gasteiger partial charge >= 0.3 is 12.1 Å². The van der Waals surface area contributed by atoms with Gasteiger partial charge in [-0.15, -0.1) is 0 Å². The first-order valence-corrected chi connectivity index (χ1v) is 9.56. The fourth-order valence-corrected chi connectivity index (χ4v) is 3.12. The molecule has 5 nitrogen and oxygen atoms in total. The van der Waals surface area contributed by atoms with Crippen LogP contribution in [0.2, 0.25) is 0 Å². The van der Waals surface area contributed by atoms with E-state index in [2.05, 4.69) is 15.9 Å². The minimum atomic E-state index is -0.921. The topological polar surface area (TPSA) is 66.8 Å². The maximum Gasteiger partial charge on any atom is 0.410 e. The van der Waals surface area contributed by atoms with Crippen LogP contribution >= 0.6 is 15.9 Å². The van der Waals surface area contributed by atoms with Gasteiger partial charge in [-0.3, -0.25) is 4.79 Å². The average molecular weight is 428 g/mol. The second-order valence-corrected chi connectivity index (χ2v) is 9.04. The highest BCUT2D eigenvalue weighted by Crippen LogP contribution is 2.35. The van der Waals surface area contributed by atoms with Gasteiger partial charge in [0.15, 0.2) is 0 Å². The van der Waals surface area contributed by atoms with Gasteiger partial charge in [0.1, 0.15) is 5.60 Å². The number of carboxylic acids is 1. The van der Waals surface area contributed by atoms with E-state index in [1.54, 1.807) is 14.0 Å². The number of rotatable bonds is 7. The van der Waals surface area contributed by atoms with Crippen molar-refractivity contribution < 1.29 is 19.4 Å². The molecule has 0 aliphatic carbocycles. The minimum Gasteiger partial charge on any atom is -0.481 e. The van der Waals surface area contributed by atoms with Crippen LogP contribution < -0.4 is 0 Å². The molecule has 26 heavy (non-hydrogen) atoms. The van der Waals surface area contributed by atoms with E-state index in [9.17, 15) is 14.7 Å². The van der Waals surface area contributed by atoms with Crippen LogP contribution in [-0.2, 0) is 16.0 Å². The highest BCUT2D eigenvalue weighted by Gasteiger charge is 2.39. The third kappa shape index (κ3) is 6.63. The van der Waals surface area contributed by atoms with Crippen molar-refractivity contribution in [2.75, 3.05) is 13.6 Å². The predicted octanol–water partition coefficient (Wildman–Crippen LogP) is 4.98. The standard InChI is InChI=1S/C20H30BrNO4/c1-14(10-11-22(6)18(25)26-19(2,3)4)20(5,17(23)24)13-15-8-7-9-16(21)12-15/h7-9,12,14H,10-11,13H2,1-6H3,(H,23,24)/t14-,20?/m1/s1. The zero-order valence-corrected chi connectivity index (χ0v) is 18.1. The van der Waals surface area contributed by atoms with Gasteiger partial charge in [-0.1, -0.05) is 35.0 Å². The van der Waals surface area contributed by atoms with Crippen molar-refractivity contribution in [3.8, 4) is 0 Å². The summed E-state index contributed by atoms with van der Waals surface area (Å²) in [5, 5.41) is 9.84. The normalized spacial score (nSPS) is 15.0. The van der Waals surface area contributed by atoms with Crippen molar-refractivity contribution >= 4 is 28.0 Å². The lowest BCUT2D eigenvalue weighted by molar-refractivity contribution is -0.151. The van der Waals surface area contributed by atoms with Crippen LogP contribution in [0.3, 0.4) is 0 Å². The molecule has 1 rings (SSSR count). The Morgan fingerprint density at radius 2 is 1.88 bits per heavy atom. The Kier molecular flexibility index (Phi) is 7.69. The van der Waals surface area contributed by atoms with Crippen LogP contribution in [0.5, 0.6) is 0 Å². The van der Waals surface area contributed by atoms with Gasteiger partial charge in [0, 0.05) is 18.1 Å². The second-order valence-electron chi connectivity index (χ2n) is 8.12. The monoisotopic (exact) mass is 427 g/mol. The first kappa shape index (κ1) is 22.5. The molecule has 0 saturated heterocycles. The molecule has 6 heteroatoms. The summed E-state index contributed by atoms with van der Waals surface area (Å²) in [4.78, 5) is 25.6. The molecule has 2 atom stereocenters. The third-order valence-corrected chi connectivity index (χ3v) is 5.13. The molecule has 0 fully saturated rings. The van der Waals surface area contributed by atoms with Crippen LogP contribution in [-0.4, -0.2) is 41.3 Å². The number of hydrogen-bond acceptors (Lipinski definition) is 3. The van der Waals surface area contributed by atoms with Crippen LogP contribution in [0.25, 0.3) is 0 Å². The Labute approximate surface area is 164 Å². The van der Waals surface area contributed by atoms with Crippen LogP contribution in [0.1, 0.15) is 46.6 Å². The summed E-state index contributed by atoms with van der Waals surface area (Å²) in [6.45, 7) is 9.60. The summed E-state index contributed by atoms with van der Waals surface area (Å²) in [7, 11) is 1.67. The Morgan fingerprint density at radius 1 is 1.27 bits per heavy atom. The summed E-state index contributed by atoms with van der Waals surface area (Å²) in [6.07, 6.45) is 0.611. The maximum atomic E-state index is 12.1. The van der Waals surface area contributed by atoms with Gasteiger partial charge in [-0.2, -0.15) is 0 Å². The van der Waals surface area contributed by atoms with Crippen molar-refractivity contribution in [3.05, 3.63) is 34.3 Å². The van der Waals surface area contributed by atoms with Gasteiger partial charge in [0.2, 0.25) is 0 Å². The summed E-state index contributed by atoms with van der Waals surface area (Å²) >= 11 is 3.43. The zero-order chi connectivity index (χ0) is 20.1. The SMILES string of the molecule is C[C@H](CCN(C)C(=O)OC(C)(C)C)C(C)(Cc1cccc(Br)c1)C(=O)O. The highest BCUT2D eigenvalue weighted by atomic mass is 79.9. The van der Waals surface area contributed by atoms with E-state index in [0.29, 0.717) is 19.4 Å². The summed E-state index contributed by atoms with van der Waals surface area (Å²) < 4.78 is 6.27. The van der Waals surface area contributed by atoms with E-state index in [1.807, 2.05) is 52.0 Å². The molecule has 0 saturated carbocycles. The molecule has 1 unspecified atom stereocenters. The number of carboxylic acid groups (broad SMARTS) is 1. The van der Waals surface area contributed by atoms with E-state index >= 15 is 0 Å². The van der Waals surface area contributed by atoms with E-state index in [1.165, 1.54) is 4.90 Å². The largest absolute Gasteiger partial charge is 0.481 e. The first-order chi connectivity index (χ1) is 11.8. The van der Waals surface area contributed by atoms with Crippen LogP contribution in [0, 0.1) is 11.3 Å². The maximum absolute atomic E-state index is 12.1. The molecule has 0 aliphatic rings. The lowest BCUT2D eigenvalue weighted by Crippen LogP contribution is -2.40. The summed E-state index contributed by atoms with van der Waals surface area (Å²) in [6, 6.07) is 7.70. The fourth-order valence-electron chi connectivity index (χ4n) is 2.67. The Hall–Kier alpha value is -1.56. The number of hydrogen-bond donors (Lipinski definition) is 1. The molecule has 0 aromatic heterocycles. The van der Waals surface area contributed by atoms with Crippen molar-refractivity contribution in [3.63, 3.8) is 0 Å². The Balaban J connectivity index is 2.77. The molecule has 146 valence electrons. The molecular weight excluding hydrogens is 398 g/mol. The number of nitrogens with zero attached hydrogens (tertiary/aromatic N) is 1. The number of halogens is 1. The third-order valence-electron chi connectivity index (χ3n) is 4.64. The van der Waals surface area contributed by atoms with Gasteiger partial charge < -0.3 is 14.7 Å². The van der Waals surface area contributed by atoms with Crippen molar-refractivity contribution in [1.29, 1.82) is 0 Å². The average Bonchev–Trinajstić information content (AvgIpc) is 2.50. The van der Waals surface area contributed by atoms with Crippen LogP contribution in [0.15, 0.2) is 28.7 Å². The molecule has 1 amide bonds. The lowest BCUT2D eigenvalue weighted by atomic mass is 9.72. The van der Waals surface area contributed by atoms with Gasteiger partial charge in [0.25, 0.3) is 0 Å². The molecule has 1 aromatic rings. The van der Waals surface area contributed by atoms with Crippen molar-refractivity contribution in [2.45, 2.75) is 53.1 Å². The molecule has 0 heterocycles. The lowest BCUT2D eigenvalue weighted by Gasteiger charge is -2.33. The number of benzene rings is 1. The molecule has 0 bridgehead atoms. The van der Waals surface area contributed by atoms with Gasteiger partial charge in [-0.25, -0.2) is 4.79 Å².